The highest BCUT2D eigenvalue weighted by Crippen LogP contribution is 2.17. The Morgan fingerprint density at radius 3 is 2.76 bits per heavy atom. The Labute approximate surface area is 103 Å². The summed E-state index contributed by atoms with van der Waals surface area (Å²) in [6.07, 6.45) is -0.658. The van der Waals surface area contributed by atoms with E-state index in [1.165, 1.54) is 7.11 Å². The van der Waals surface area contributed by atoms with Crippen molar-refractivity contribution in [3.63, 3.8) is 0 Å². The number of rotatable bonds is 4. The predicted octanol–water partition coefficient (Wildman–Crippen LogP) is 1.10. The normalized spacial score (nSPS) is 10.1. The summed E-state index contributed by atoms with van der Waals surface area (Å²) in [6, 6.07) is 0. The van der Waals surface area contributed by atoms with Crippen molar-refractivity contribution < 1.29 is 14.3 Å². The van der Waals surface area contributed by atoms with Crippen LogP contribution in [0, 0.1) is 5.92 Å². The second kappa shape index (κ2) is 6.14. The van der Waals surface area contributed by atoms with E-state index in [-0.39, 0.29) is 16.6 Å². The van der Waals surface area contributed by atoms with Gasteiger partial charge in [-0.2, -0.15) is 0 Å². The van der Waals surface area contributed by atoms with Crippen molar-refractivity contribution in [1.29, 1.82) is 0 Å². The maximum absolute atomic E-state index is 11.7. The highest BCUT2D eigenvalue weighted by atomic mass is 32.1. The molecule has 94 valence electrons. The molecule has 0 fully saturated rings. The molecule has 0 radical (unpaired) electrons. The molecule has 2 amide bonds. The summed E-state index contributed by atoms with van der Waals surface area (Å²) in [6.45, 7) is 4.49. The highest BCUT2D eigenvalue weighted by Gasteiger charge is 2.18. The third kappa shape index (κ3) is 3.99. The molecule has 0 unspecified atom stereocenters. The van der Waals surface area contributed by atoms with Crippen molar-refractivity contribution in [3.05, 3.63) is 5.69 Å². The molecule has 0 saturated heterocycles. The summed E-state index contributed by atoms with van der Waals surface area (Å²) >= 11 is 0.922. The molecular formula is C9H14N4O3S. The van der Waals surface area contributed by atoms with Crippen molar-refractivity contribution in [2.24, 2.45) is 5.92 Å². The van der Waals surface area contributed by atoms with E-state index < -0.39 is 6.09 Å². The van der Waals surface area contributed by atoms with Crippen LogP contribution in [0.3, 0.4) is 0 Å². The fourth-order valence-corrected chi connectivity index (χ4v) is 1.50. The van der Waals surface area contributed by atoms with Crippen molar-refractivity contribution in [2.45, 2.75) is 13.8 Å². The monoisotopic (exact) mass is 258 g/mol. The van der Waals surface area contributed by atoms with Crippen LogP contribution in [-0.2, 0) is 4.74 Å². The summed E-state index contributed by atoms with van der Waals surface area (Å²) in [7, 11) is 1.24. The van der Waals surface area contributed by atoms with Gasteiger partial charge in [0.1, 0.15) is 0 Å². The highest BCUT2D eigenvalue weighted by molar-refractivity contribution is 7.10. The van der Waals surface area contributed by atoms with Gasteiger partial charge < -0.3 is 10.1 Å². The number of methoxy groups -OCH3 is 1. The number of hydrogen-bond acceptors (Lipinski definition) is 6. The number of carbonyl (C=O) groups is 2. The quantitative estimate of drug-likeness (QED) is 0.843. The lowest BCUT2D eigenvalue weighted by Crippen LogP contribution is -2.28. The van der Waals surface area contributed by atoms with Gasteiger partial charge in [0.25, 0.3) is 5.91 Å². The van der Waals surface area contributed by atoms with Gasteiger partial charge in [0.05, 0.1) is 7.11 Å². The molecule has 7 nitrogen and oxygen atoms in total. The zero-order valence-electron chi connectivity index (χ0n) is 9.81. The first-order chi connectivity index (χ1) is 8.04. The van der Waals surface area contributed by atoms with Crippen molar-refractivity contribution >= 4 is 28.5 Å². The first kappa shape index (κ1) is 13.4. The lowest BCUT2D eigenvalue weighted by Gasteiger charge is -2.06. The van der Waals surface area contributed by atoms with E-state index in [1.54, 1.807) is 0 Å². The number of nitrogens with zero attached hydrogens (tertiary/aromatic N) is 2. The zero-order valence-corrected chi connectivity index (χ0v) is 10.6. The minimum Gasteiger partial charge on any atom is -0.453 e. The summed E-state index contributed by atoms with van der Waals surface area (Å²) in [5.74, 6) is -0.0265. The minimum atomic E-state index is -0.658. The molecule has 0 saturated carbocycles. The number of hydrogen-bond donors (Lipinski definition) is 2. The molecule has 0 atom stereocenters. The van der Waals surface area contributed by atoms with Crippen LogP contribution in [0.4, 0.5) is 9.80 Å². The van der Waals surface area contributed by atoms with E-state index in [0.717, 1.165) is 11.5 Å². The molecule has 17 heavy (non-hydrogen) atoms. The van der Waals surface area contributed by atoms with Crippen molar-refractivity contribution in [3.8, 4) is 0 Å². The van der Waals surface area contributed by atoms with Crippen molar-refractivity contribution in [1.82, 2.24) is 14.9 Å². The van der Waals surface area contributed by atoms with E-state index in [1.807, 2.05) is 13.8 Å². The molecule has 1 aromatic rings. The topological polar surface area (TPSA) is 93.2 Å². The van der Waals surface area contributed by atoms with Gasteiger partial charge in [0.2, 0.25) is 0 Å². The molecule has 0 aliphatic carbocycles. The van der Waals surface area contributed by atoms with E-state index >= 15 is 0 Å². The molecule has 2 N–H and O–H groups in total. The molecule has 0 aliphatic rings. The maximum Gasteiger partial charge on any atom is 0.412 e. The fourth-order valence-electron chi connectivity index (χ4n) is 0.946. The van der Waals surface area contributed by atoms with Gasteiger partial charge in [-0.05, 0) is 5.92 Å². The molecule has 1 heterocycles. The third-order valence-electron chi connectivity index (χ3n) is 1.77. The van der Waals surface area contributed by atoms with Gasteiger partial charge in [-0.25, -0.2) is 4.79 Å². The van der Waals surface area contributed by atoms with Crippen LogP contribution < -0.4 is 10.6 Å². The third-order valence-corrected chi connectivity index (χ3v) is 2.42. The average molecular weight is 258 g/mol. The van der Waals surface area contributed by atoms with Crippen LogP contribution in [-0.4, -0.2) is 35.2 Å². The van der Waals surface area contributed by atoms with Crippen molar-refractivity contribution in [2.75, 3.05) is 19.0 Å². The Hall–Kier alpha value is -1.70. The second-order valence-corrected chi connectivity index (χ2v) is 4.43. The van der Waals surface area contributed by atoms with Gasteiger partial charge in [-0.1, -0.05) is 18.3 Å². The van der Waals surface area contributed by atoms with Gasteiger partial charge in [-0.3, -0.25) is 10.1 Å². The number of aromatic nitrogens is 2. The Morgan fingerprint density at radius 2 is 2.18 bits per heavy atom. The summed E-state index contributed by atoms with van der Waals surface area (Å²) < 4.78 is 8.04. The van der Waals surface area contributed by atoms with E-state index in [9.17, 15) is 9.59 Å². The number of anilines is 1. The van der Waals surface area contributed by atoms with Gasteiger partial charge in [-0.15, -0.1) is 5.10 Å². The van der Waals surface area contributed by atoms with E-state index in [0.29, 0.717) is 12.5 Å². The Balaban J connectivity index is 2.67. The molecule has 1 aromatic heterocycles. The van der Waals surface area contributed by atoms with Crippen LogP contribution in [0.1, 0.15) is 24.3 Å². The Bertz CT molecular complexity index is 405. The first-order valence-corrected chi connectivity index (χ1v) is 5.77. The predicted molar refractivity (Wildman–Crippen MR) is 63.1 cm³/mol. The van der Waals surface area contributed by atoms with E-state index in [4.69, 9.17) is 0 Å². The SMILES string of the molecule is COC(=O)Nc1snnc1C(=O)NCC(C)C. The van der Waals surface area contributed by atoms with Gasteiger partial charge in [0.15, 0.2) is 10.7 Å². The lowest BCUT2D eigenvalue weighted by molar-refractivity contribution is 0.0945. The van der Waals surface area contributed by atoms with Gasteiger partial charge >= 0.3 is 6.09 Å². The summed E-state index contributed by atoms with van der Waals surface area (Å²) in [5, 5.41) is 9.01. The molecule has 0 spiro atoms. The van der Waals surface area contributed by atoms with Gasteiger partial charge in [0, 0.05) is 18.1 Å². The number of nitrogens with one attached hydrogen (secondary N) is 2. The Kier molecular flexibility index (Phi) is 4.83. The fraction of sp³-hybridized carbons (Fsp3) is 0.556. The molecule has 0 bridgehead atoms. The zero-order chi connectivity index (χ0) is 12.8. The summed E-state index contributed by atoms with van der Waals surface area (Å²) in [4.78, 5) is 22.7. The smallest absolute Gasteiger partial charge is 0.412 e. The molecular weight excluding hydrogens is 244 g/mol. The van der Waals surface area contributed by atoms with Crippen LogP contribution in [0.5, 0.6) is 0 Å². The minimum absolute atomic E-state index is 0.0982. The molecule has 1 rings (SSSR count). The largest absolute Gasteiger partial charge is 0.453 e. The standard InChI is InChI=1S/C9H14N4O3S/c1-5(2)4-10-7(14)6-8(17-13-12-6)11-9(15)16-3/h5H,4H2,1-3H3,(H,10,14)(H,11,15). The number of ether oxygens (including phenoxy) is 1. The van der Waals surface area contributed by atoms with E-state index in [2.05, 4.69) is 25.0 Å². The Morgan fingerprint density at radius 1 is 1.47 bits per heavy atom. The summed E-state index contributed by atoms with van der Waals surface area (Å²) in [5.41, 5.74) is 0.0982. The van der Waals surface area contributed by atoms with Crippen LogP contribution in [0.25, 0.3) is 0 Å². The first-order valence-electron chi connectivity index (χ1n) is 5.00. The number of amides is 2. The molecule has 0 aliphatic heterocycles. The molecule has 0 aromatic carbocycles. The van der Waals surface area contributed by atoms with Crippen LogP contribution in [0.15, 0.2) is 0 Å². The number of carbonyl (C=O) groups excluding carboxylic acids is 2. The maximum atomic E-state index is 11.7. The lowest BCUT2D eigenvalue weighted by atomic mass is 10.2. The van der Waals surface area contributed by atoms with Crippen LogP contribution >= 0.6 is 11.5 Å². The second-order valence-electron chi connectivity index (χ2n) is 3.67. The average Bonchev–Trinajstić information content (AvgIpc) is 2.73. The van der Waals surface area contributed by atoms with Crippen LogP contribution in [0.2, 0.25) is 0 Å². The molecule has 8 heteroatoms.